The molecule has 2 atom stereocenters. The third-order valence-electron chi connectivity index (χ3n) is 10.6. The monoisotopic (exact) mass is 737 g/mol. The van der Waals surface area contributed by atoms with Gasteiger partial charge in [0.2, 0.25) is 0 Å². The van der Waals surface area contributed by atoms with Gasteiger partial charge >= 0.3 is 17.9 Å². The second-order valence-corrected chi connectivity index (χ2v) is 16.4. The average Bonchev–Trinajstić information content (AvgIpc) is 3.12. The second-order valence-electron chi connectivity index (χ2n) is 16.4. The summed E-state index contributed by atoms with van der Waals surface area (Å²) in [5, 5.41) is 0. The van der Waals surface area contributed by atoms with Crippen LogP contribution in [0.4, 0.5) is 0 Å². The Kier molecular flexibility index (Phi) is 37.9. The minimum absolute atomic E-state index is 0.0664. The Morgan fingerprint density at radius 3 is 1.10 bits per heavy atom. The molecule has 0 spiro atoms. The van der Waals surface area contributed by atoms with E-state index in [0.717, 1.165) is 76.0 Å². The highest BCUT2D eigenvalue weighted by Gasteiger charge is 2.19. The van der Waals surface area contributed by atoms with E-state index in [0.29, 0.717) is 19.3 Å². The summed E-state index contributed by atoms with van der Waals surface area (Å²) in [6.07, 6.45) is 36.9. The van der Waals surface area contributed by atoms with Crippen LogP contribution in [0.15, 0.2) is 0 Å². The largest absolute Gasteiger partial charge is 0.462 e. The van der Waals surface area contributed by atoms with E-state index >= 15 is 0 Å². The summed E-state index contributed by atoms with van der Waals surface area (Å²) in [4.78, 5) is 37.4. The maximum atomic E-state index is 12.5. The molecule has 308 valence electrons. The first-order valence-corrected chi connectivity index (χ1v) is 22.8. The smallest absolute Gasteiger partial charge is 0.306 e. The molecule has 1 unspecified atom stereocenters. The van der Waals surface area contributed by atoms with E-state index in [1.165, 1.54) is 128 Å². The predicted octanol–water partition coefficient (Wildman–Crippen LogP) is 14.2. The van der Waals surface area contributed by atoms with E-state index in [-0.39, 0.29) is 31.1 Å². The van der Waals surface area contributed by atoms with Gasteiger partial charge in [-0.1, -0.05) is 208 Å². The molecule has 0 fully saturated rings. The molecule has 0 rings (SSSR count). The zero-order chi connectivity index (χ0) is 38.3. The highest BCUT2D eigenvalue weighted by atomic mass is 16.6. The third-order valence-corrected chi connectivity index (χ3v) is 10.6. The Bertz CT molecular complexity index is 796. The molecule has 0 N–H and O–H groups in total. The van der Waals surface area contributed by atoms with Crippen molar-refractivity contribution in [2.24, 2.45) is 11.8 Å². The van der Waals surface area contributed by atoms with Crippen molar-refractivity contribution < 1.29 is 28.6 Å². The van der Waals surface area contributed by atoms with Crippen LogP contribution < -0.4 is 0 Å². The van der Waals surface area contributed by atoms with Gasteiger partial charge in [-0.2, -0.15) is 0 Å². The summed E-state index contributed by atoms with van der Waals surface area (Å²) < 4.78 is 16.6. The van der Waals surface area contributed by atoms with Gasteiger partial charge in [0.25, 0.3) is 0 Å². The Morgan fingerprint density at radius 1 is 0.404 bits per heavy atom. The molecule has 0 radical (unpaired) electrons. The minimum atomic E-state index is -0.758. The first-order valence-electron chi connectivity index (χ1n) is 22.8. The van der Waals surface area contributed by atoms with E-state index in [4.69, 9.17) is 14.2 Å². The van der Waals surface area contributed by atoms with E-state index in [1.807, 2.05) is 0 Å². The number of unbranched alkanes of at least 4 members (excludes halogenated alkanes) is 24. The lowest BCUT2D eigenvalue weighted by Gasteiger charge is -2.18. The molecule has 0 saturated carbocycles. The predicted molar refractivity (Wildman–Crippen MR) is 220 cm³/mol. The standard InChI is InChI=1S/C46H88O6/c1-6-8-9-24-33-38-46(49)52-43(40-51-45(48)37-32-28-23-19-18-20-25-29-34-41(3)4)39-50-44(47)36-31-27-22-17-15-13-11-10-12-14-16-21-26-30-35-42(5)7-2/h41-43H,6-40H2,1-5H3/t42?,43-/m1/s1. The Hall–Kier alpha value is -1.59. The number of ether oxygens (including phenoxy) is 3. The first kappa shape index (κ1) is 50.4. The van der Waals surface area contributed by atoms with Crippen LogP contribution >= 0.6 is 0 Å². The van der Waals surface area contributed by atoms with Gasteiger partial charge in [-0.15, -0.1) is 0 Å². The summed E-state index contributed by atoms with van der Waals surface area (Å²) in [5.74, 6) is 0.819. The van der Waals surface area contributed by atoms with Gasteiger partial charge in [-0.05, 0) is 31.1 Å². The Morgan fingerprint density at radius 2 is 0.731 bits per heavy atom. The van der Waals surface area contributed by atoms with E-state index in [1.54, 1.807) is 0 Å². The molecule has 0 aliphatic carbocycles. The fraction of sp³-hybridized carbons (Fsp3) is 0.935. The van der Waals surface area contributed by atoms with Crippen molar-refractivity contribution in [3.05, 3.63) is 0 Å². The fourth-order valence-corrected chi connectivity index (χ4v) is 6.72. The molecule has 0 bridgehead atoms. The van der Waals surface area contributed by atoms with Crippen LogP contribution in [0.2, 0.25) is 0 Å². The van der Waals surface area contributed by atoms with Crippen molar-refractivity contribution in [1.82, 2.24) is 0 Å². The first-order chi connectivity index (χ1) is 25.3. The molecule has 6 nitrogen and oxygen atoms in total. The maximum absolute atomic E-state index is 12.5. The van der Waals surface area contributed by atoms with Gasteiger partial charge in [0.05, 0.1) is 0 Å². The summed E-state index contributed by atoms with van der Waals surface area (Å²) in [6.45, 7) is 11.3. The molecule has 0 amide bonds. The van der Waals surface area contributed by atoms with Crippen molar-refractivity contribution in [3.8, 4) is 0 Å². The van der Waals surface area contributed by atoms with Crippen LogP contribution in [0.3, 0.4) is 0 Å². The highest BCUT2D eigenvalue weighted by Crippen LogP contribution is 2.17. The van der Waals surface area contributed by atoms with Crippen molar-refractivity contribution in [1.29, 1.82) is 0 Å². The van der Waals surface area contributed by atoms with E-state index < -0.39 is 6.10 Å². The normalized spacial score (nSPS) is 12.6. The molecule has 52 heavy (non-hydrogen) atoms. The molecule has 0 saturated heterocycles. The minimum Gasteiger partial charge on any atom is -0.462 e. The quantitative estimate of drug-likeness (QED) is 0.0354. The number of esters is 3. The molecular formula is C46H88O6. The van der Waals surface area contributed by atoms with Crippen LogP contribution in [0.5, 0.6) is 0 Å². The molecule has 0 aromatic heterocycles. The topological polar surface area (TPSA) is 78.9 Å². The van der Waals surface area contributed by atoms with Gasteiger partial charge in [-0.25, -0.2) is 0 Å². The number of carbonyl (C=O) groups excluding carboxylic acids is 3. The summed E-state index contributed by atoms with van der Waals surface area (Å²) in [7, 11) is 0. The van der Waals surface area contributed by atoms with Gasteiger partial charge in [-0.3, -0.25) is 14.4 Å². The number of hydrogen-bond donors (Lipinski definition) is 0. The van der Waals surface area contributed by atoms with Gasteiger partial charge in [0.15, 0.2) is 6.10 Å². The third kappa shape index (κ3) is 38.1. The second kappa shape index (κ2) is 39.1. The maximum Gasteiger partial charge on any atom is 0.306 e. The number of hydrogen-bond acceptors (Lipinski definition) is 6. The lowest BCUT2D eigenvalue weighted by molar-refractivity contribution is -0.167. The summed E-state index contributed by atoms with van der Waals surface area (Å²) in [5.41, 5.74) is 0. The van der Waals surface area contributed by atoms with Crippen molar-refractivity contribution in [2.75, 3.05) is 13.2 Å². The Labute approximate surface area is 323 Å². The zero-order valence-corrected chi connectivity index (χ0v) is 35.4. The molecule has 0 heterocycles. The van der Waals surface area contributed by atoms with Crippen molar-refractivity contribution >= 4 is 17.9 Å². The molecule has 0 aromatic rings. The van der Waals surface area contributed by atoms with Crippen LogP contribution in [-0.2, 0) is 28.6 Å². The zero-order valence-electron chi connectivity index (χ0n) is 35.4. The number of carbonyl (C=O) groups is 3. The molecule has 0 aromatic carbocycles. The van der Waals surface area contributed by atoms with Crippen molar-refractivity contribution in [3.63, 3.8) is 0 Å². The average molecular weight is 737 g/mol. The molecule has 0 aliphatic heterocycles. The SMILES string of the molecule is CCCCCCCC(=O)O[C@H](COC(=O)CCCCCCCCCCCCCCCCC(C)CC)COC(=O)CCCCCCCCCCC(C)C. The molecule has 0 aliphatic rings. The van der Waals surface area contributed by atoms with Crippen LogP contribution in [-0.4, -0.2) is 37.2 Å². The summed E-state index contributed by atoms with van der Waals surface area (Å²) in [6, 6.07) is 0. The lowest BCUT2D eigenvalue weighted by Crippen LogP contribution is -2.30. The van der Waals surface area contributed by atoms with E-state index in [2.05, 4.69) is 34.6 Å². The number of rotatable bonds is 40. The van der Waals surface area contributed by atoms with Crippen molar-refractivity contribution in [2.45, 2.75) is 253 Å². The van der Waals surface area contributed by atoms with Gasteiger partial charge < -0.3 is 14.2 Å². The van der Waals surface area contributed by atoms with Crippen LogP contribution in [0, 0.1) is 11.8 Å². The molecule has 6 heteroatoms. The highest BCUT2D eigenvalue weighted by molar-refractivity contribution is 5.71. The molecular weight excluding hydrogens is 649 g/mol. The summed E-state index contributed by atoms with van der Waals surface area (Å²) >= 11 is 0. The van der Waals surface area contributed by atoms with E-state index in [9.17, 15) is 14.4 Å². The van der Waals surface area contributed by atoms with Gasteiger partial charge in [0, 0.05) is 19.3 Å². The van der Waals surface area contributed by atoms with Crippen LogP contribution in [0.1, 0.15) is 247 Å². The Balaban J connectivity index is 4.10. The van der Waals surface area contributed by atoms with Gasteiger partial charge in [0.1, 0.15) is 13.2 Å². The fourth-order valence-electron chi connectivity index (χ4n) is 6.72. The van der Waals surface area contributed by atoms with Crippen LogP contribution in [0.25, 0.3) is 0 Å². The lowest BCUT2D eigenvalue weighted by atomic mass is 9.99.